The number of hydrogen-bond acceptors (Lipinski definition) is 4. The smallest absolute Gasteiger partial charge is 0.255 e. The Morgan fingerprint density at radius 3 is 2.90 bits per heavy atom. The number of H-pyrrole nitrogens is 1. The first-order valence-corrected chi connectivity index (χ1v) is 7.17. The van der Waals surface area contributed by atoms with Gasteiger partial charge in [0, 0.05) is 3.57 Å². The van der Waals surface area contributed by atoms with Crippen molar-refractivity contribution < 1.29 is 9.53 Å². The molecule has 1 atom stereocenters. The van der Waals surface area contributed by atoms with E-state index in [9.17, 15) is 4.79 Å². The average Bonchev–Trinajstić information content (AvgIpc) is 2.95. The molecule has 0 radical (unpaired) electrons. The molecule has 1 heterocycles. The van der Waals surface area contributed by atoms with Crippen LogP contribution in [0.3, 0.4) is 0 Å². The van der Waals surface area contributed by atoms with Crippen molar-refractivity contribution in [2.45, 2.75) is 13.0 Å². The Balaban J connectivity index is 2.23. The number of carbonyl (C=O) groups excluding carboxylic acids is 1. The third-order valence-corrected chi connectivity index (χ3v) is 4.20. The number of methoxy groups -OCH3 is 1. The van der Waals surface area contributed by atoms with E-state index < -0.39 is 0 Å². The fourth-order valence-electron chi connectivity index (χ4n) is 1.64. The van der Waals surface area contributed by atoms with E-state index in [2.05, 4.69) is 43.1 Å². The third-order valence-electron chi connectivity index (χ3n) is 2.68. The molecule has 0 aliphatic heterocycles. The number of carbonyl (C=O) groups is 1. The van der Waals surface area contributed by atoms with Gasteiger partial charge in [0.1, 0.15) is 17.9 Å². The lowest BCUT2D eigenvalue weighted by Crippen LogP contribution is -2.27. The minimum Gasteiger partial charge on any atom is -0.496 e. The first kappa shape index (κ1) is 15.0. The number of halogens is 2. The number of nitrogens with one attached hydrogen (secondary N) is 2. The van der Waals surface area contributed by atoms with Gasteiger partial charge in [0.05, 0.1) is 23.7 Å². The van der Waals surface area contributed by atoms with Gasteiger partial charge >= 0.3 is 0 Å². The molecule has 1 amide bonds. The highest BCUT2D eigenvalue weighted by atomic mass is 127. The van der Waals surface area contributed by atoms with Crippen molar-refractivity contribution >= 4 is 40.1 Å². The van der Waals surface area contributed by atoms with Crippen LogP contribution >= 0.6 is 34.2 Å². The van der Waals surface area contributed by atoms with Crippen LogP contribution in [-0.2, 0) is 0 Å². The molecule has 2 N–H and O–H groups in total. The summed E-state index contributed by atoms with van der Waals surface area (Å²) < 4.78 is 6.03. The second-order valence-electron chi connectivity index (χ2n) is 4.03. The Kier molecular flexibility index (Phi) is 4.81. The highest BCUT2D eigenvalue weighted by Crippen LogP contribution is 2.28. The summed E-state index contributed by atoms with van der Waals surface area (Å²) in [4.78, 5) is 16.3. The van der Waals surface area contributed by atoms with Crippen molar-refractivity contribution in [3.8, 4) is 5.75 Å². The molecule has 2 rings (SSSR count). The topological polar surface area (TPSA) is 79.9 Å². The van der Waals surface area contributed by atoms with Crippen molar-refractivity contribution in [3.63, 3.8) is 0 Å². The van der Waals surface area contributed by atoms with E-state index in [0.29, 0.717) is 22.2 Å². The molecule has 0 aliphatic carbocycles. The van der Waals surface area contributed by atoms with Crippen LogP contribution in [0.4, 0.5) is 0 Å². The number of ether oxygens (including phenoxy) is 1. The van der Waals surface area contributed by atoms with Crippen LogP contribution in [0, 0.1) is 3.57 Å². The molecule has 0 spiro atoms. The SMILES string of the molecule is COc1cc(I)c(Cl)cc1C(=O)NC(C)c1ncn[nH]1. The predicted molar refractivity (Wildman–Crippen MR) is 83.0 cm³/mol. The predicted octanol–water partition coefficient (Wildman–Crippen LogP) is 2.56. The molecule has 6 nitrogen and oxygen atoms in total. The Labute approximate surface area is 134 Å². The largest absolute Gasteiger partial charge is 0.496 e. The molecule has 106 valence electrons. The number of hydrogen-bond donors (Lipinski definition) is 2. The van der Waals surface area contributed by atoms with Gasteiger partial charge in [0.15, 0.2) is 0 Å². The van der Waals surface area contributed by atoms with Gasteiger partial charge in [-0.2, -0.15) is 5.10 Å². The zero-order chi connectivity index (χ0) is 14.7. The average molecular weight is 407 g/mol. The molecule has 1 unspecified atom stereocenters. The maximum Gasteiger partial charge on any atom is 0.255 e. The Bertz CT molecular complexity index is 618. The van der Waals surface area contributed by atoms with Crippen LogP contribution in [-0.4, -0.2) is 28.2 Å². The summed E-state index contributed by atoms with van der Waals surface area (Å²) in [5.41, 5.74) is 0.379. The molecule has 0 saturated carbocycles. The zero-order valence-corrected chi connectivity index (χ0v) is 13.7. The quantitative estimate of drug-likeness (QED) is 0.765. The molecule has 2 aromatic rings. The summed E-state index contributed by atoms with van der Waals surface area (Å²) in [6.45, 7) is 1.80. The van der Waals surface area contributed by atoms with Gasteiger partial charge in [-0.3, -0.25) is 9.89 Å². The summed E-state index contributed by atoms with van der Waals surface area (Å²) in [6, 6.07) is 3.01. The molecule has 0 fully saturated rings. The summed E-state index contributed by atoms with van der Waals surface area (Å²) in [7, 11) is 1.51. The maximum atomic E-state index is 12.3. The standard InChI is InChI=1S/C12H12ClIN4O2/c1-6(11-15-5-16-18-11)17-12(19)7-3-8(13)9(14)4-10(7)20-2/h3-6H,1-2H3,(H,17,19)(H,15,16,18). The maximum absolute atomic E-state index is 12.3. The van der Waals surface area contributed by atoms with Crippen LogP contribution in [0.15, 0.2) is 18.5 Å². The van der Waals surface area contributed by atoms with Gasteiger partial charge in [-0.25, -0.2) is 4.98 Å². The van der Waals surface area contributed by atoms with Gasteiger partial charge in [-0.05, 0) is 41.6 Å². The van der Waals surface area contributed by atoms with Gasteiger partial charge in [-0.1, -0.05) is 11.6 Å². The lowest BCUT2D eigenvalue weighted by Gasteiger charge is -2.14. The first-order chi connectivity index (χ1) is 9.52. The van der Waals surface area contributed by atoms with Crippen molar-refractivity contribution in [2.24, 2.45) is 0 Å². The molecule has 20 heavy (non-hydrogen) atoms. The first-order valence-electron chi connectivity index (χ1n) is 5.72. The van der Waals surface area contributed by atoms with Crippen LogP contribution in [0.1, 0.15) is 29.1 Å². The number of aromatic nitrogens is 3. The molecule has 8 heteroatoms. The Hall–Kier alpha value is -1.35. The molecule has 1 aromatic carbocycles. The summed E-state index contributed by atoms with van der Waals surface area (Å²) in [6.07, 6.45) is 1.39. The number of aromatic amines is 1. The second-order valence-corrected chi connectivity index (χ2v) is 5.60. The highest BCUT2D eigenvalue weighted by Gasteiger charge is 2.18. The van der Waals surface area contributed by atoms with Gasteiger partial charge < -0.3 is 10.1 Å². The molecule has 1 aromatic heterocycles. The third kappa shape index (κ3) is 3.21. The van der Waals surface area contributed by atoms with Gasteiger partial charge in [-0.15, -0.1) is 0 Å². The fraction of sp³-hybridized carbons (Fsp3) is 0.250. The fourth-order valence-corrected chi connectivity index (χ4v) is 2.24. The van der Waals surface area contributed by atoms with E-state index >= 15 is 0 Å². The van der Waals surface area contributed by atoms with Crippen LogP contribution in [0.2, 0.25) is 5.02 Å². The van der Waals surface area contributed by atoms with E-state index in [0.717, 1.165) is 3.57 Å². The highest BCUT2D eigenvalue weighted by molar-refractivity contribution is 14.1. The number of nitrogens with zero attached hydrogens (tertiary/aromatic N) is 2. The van der Waals surface area contributed by atoms with Crippen molar-refractivity contribution in [2.75, 3.05) is 7.11 Å². The normalized spacial score (nSPS) is 12.0. The minimum atomic E-state index is -0.298. The summed E-state index contributed by atoms with van der Waals surface area (Å²) >= 11 is 8.13. The Morgan fingerprint density at radius 2 is 2.30 bits per heavy atom. The van der Waals surface area contributed by atoms with Crippen molar-refractivity contribution in [1.29, 1.82) is 0 Å². The molecular weight excluding hydrogens is 395 g/mol. The molecule has 0 saturated heterocycles. The lowest BCUT2D eigenvalue weighted by atomic mass is 10.1. The van der Waals surface area contributed by atoms with E-state index in [-0.39, 0.29) is 11.9 Å². The van der Waals surface area contributed by atoms with Crippen LogP contribution < -0.4 is 10.1 Å². The van der Waals surface area contributed by atoms with E-state index in [4.69, 9.17) is 16.3 Å². The van der Waals surface area contributed by atoms with Crippen molar-refractivity contribution in [1.82, 2.24) is 20.5 Å². The summed E-state index contributed by atoms with van der Waals surface area (Å²) in [5.74, 6) is 0.763. The second kappa shape index (κ2) is 6.40. The number of amides is 1. The number of benzene rings is 1. The van der Waals surface area contributed by atoms with Crippen LogP contribution in [0.5, 0.6) is 5.75 Å². The lowest BCUT2D eigenvalue weighted by molar-refractivity contribution is 0.0935. The van der Waals surface area contributed by atoms with Crippen molar-refractivity contribution in [3.05, 3.63) is 38.4 Å². The minimum absolute atomic E-state index is 0.288. The van der Waals surface area contributed by atoms with Gasteiger partial charge in [0.25, 0.3) is 5.91 Å². The van der Waals surface area contributed by atoms with Crippen LogP contribution in [0.25, 0.3) is 0 Å². The monoisotopic (exact) mass is 406 g/mol. The molecule has 0 bridgehead atoms. The number of rotatable bonds is 4. The zero-order valence-electron chi connectivity index (χ0n) is 10.8. The summed E-state index contributed by atoms with van der Waals surface area (Å²) in [5, 5.41) is 9.77. The molecule has 0 aliphatic rings. The van der Waals surface area contributed by atoms with E-state index in [1.807, 2.05) is 0 Å². The van der Waals surface area contributed by atoms with E-state index in [1.165, 1.54) is 13.4 Å². The Morgan fingerprint density at radius 1 is 1.55 bits per heavy atom. The van der Waals surface area contributed by atoms with Gasteiger partial charge in [0.2, 0.25) is 0 Å². The van der Waals surface area contributed by atoms with E-state index in [1.54, 1.807) is 19.1 Å². The molecular formula is C12H12ClIN4O2.